The Labute approximate surface area is 112 Å². The van der Waals surface area contributed by atoms with Gasteiger partial charge in [-0.3, -0.25) is 14.9 Å². The van der Waals surface area contributed by atoms with Crippen molar-refractivity contribution in [3.05, 3.63) is 0 Å². The number of imide groups is 1. The van der Waals surface area contributed by atoms with Gasteiger partial charge in [-0.2, -0.15) is 0 Å². The first-order valence-electron chi connectivity index (χ1n) is 6.49. The maximum atomic E-state index is 12.2. The fraction of sp³-hybridized carbons (Fsp3) is 0.750. The maximum Gasteiger partial charge on any atom is 0.325 e. The van der Waals surface area contributed by atoms with Crippen LogP contribution in [0, 0.1) is 0 Å². The molecule has 2 saturated heterocycles. The van der Waals surface area contributed by atoms with E-state index in [2.05, 4.69) is 5.32 Å². The molecule has 2 heterocycles. The largest absolute Gasteiger partial charge is 0.340 e. The number of rotatable bonds is 2. The third-order valence-corrected chi connectivity index (χ3v) is 3.80. The molecule has 0 aromatic heterocycles. The van der Waals surface area contributed by atoms with Crippen molar-refractivity contribution in [1.82, 2.24) is 15.1 Å². The number of hydrogen-bond donors (Lipinski definition) is 2. The van der Waals surface area contributed by atoms with Crippen LogP contribution in [0.15, 0.2) is 0 Å². The lowest BCUT2D eigenvalue weighted by molar-refractivity contribution is -0.134. The molecule has 106 valence electrons. The van der Waals surface area contributed by atoms with Crippen molar-refractivity contribution in [3.63, 3.8) is 0 Å². The molecule has 2 aliphatic heterocycles. The number of nitrogens with zero attached hydrogens (tertiary/aromatic N) is 2. The second-order valence-corrected chi connectivity index (χ2v) is 5.65. The van der Waals surface area contributed by atoms with Gasteiger partial charge in [0.1, 0.15) is 12.1 Å². The smallest absolute Gasteiger partial charge is 0.325 e. The molecule has 2 aliphatic rings. The molecule has 0 unspecified atom stereocenters. The first-order chi connectivity index (χ1) is 8.82. The third kappa shape index (κ3) is 2.56. The first-order valence-corrected chi connectivity index (χ1v) is 6.49. The lowest BCUT2D eigenvalue weighted by Crippen LogP contribution is -2.52. The Kier molecular flexibility index (Phi) is 3.49. The summed E-state index contributed by atoms with van der Waals surface area (Å²) in [5, 5.41) is 2.23. The van der Waals surface area contributed by atoms with Crippen molar-refractivity contribution < 1.29 is 14.4 Å². The summed E-state index contributed by atoms with van der Waals surface area (Å²) in [4.78, 5) is 38.4. The highest BCUT2D eigenvalue weighted by molar-refractivity contribution is 6.07. The minimum absolute atomic E-state index is 0.000234. The average molecular weight is 268 g/mol. The molecule has 0 spiro atoms. The van der Waals surface area contributed by atoms with Crippen LogP contribution in [0.3, 0.4) is 0 Å². The molecule has 7 nitrogen and oxygen atoms in total. The number of urea groups is 1. The van der Waals surface area contributed by atoms with Gasteiger partial charge in [0.25, 0.3) is 5.91 Å². The predicted molar refractivity (Wildman–Crippen MR) is 68.1 cm³/mol. The van der Waals surface area contributed by atoms with E-state index in [1.807, 2.05) is 0 Å². The molecule has 0 radical (unpaired) electrons. The topological polar surface area (TPSA) is 95.7 Å². The molecule has 2 rings (SSSR count). The Balaban J connectivity index is 2.02. The quantitative estimate of drug-likeness (QED) is 0.645. The summed E-state index contributed by atoms with van der Waals surface area (Å²) in [6.45, 7) is 4.35. The number of hydrogen-bond acceptors (Lipinski definition) is 4. The number of likely N-dealkylation sites (tertiary alicyclic amines) is 1. The van der Waals surface area contributed by atoms with Gasteiger partial charge in [0, 0.05) is 19.1 Å². The molecule has 0 aromatic carbocycles. The average Bonchev–Trinajstić information content (AvgIpc) is 2.52. The molecule has 4 amide bonds. The van der Waals surface area contributed by atoms with Crippen LogP contribution in [-0.2, 0) is 9.59 Å². The Morgan fingerprint density at radius 2 is 2.16 bits per heavy atom. The van der Waals surface area contributed by atoms with E-state index >= 15 is 0 Å². The Morgan fingerprint density at radius 3 is 2.68 bits per heavy atom. The van der Waals surface area contributed by atoms with Gasteiger partial charge < -0.3 is 15.5 Å². The SMILES string of the molecule is CC1(C)C(=O)NC(=O)N1CC(=O)N1CCC[C@@H](N)C1. The summed E-state index contributed by atoms with van der Waals surface area (Å²) < 4.78 is 0. The molecule has 7 heteroatoms. The van der Waals surface area contributed by atoms with E-state index in [-0.39, 0.29) is 24.4 Å². The van der Waals surface area contributed by atoms with Crippen LogP contribution in [0.4, 0.5) is 4.79 Å². The first kappa shape index (κ1) is 13.8. The molecular formula is C12H20N4O3. The monoisotopic (exact) mass is 268 g/mol. The highest BCUT2D eigenvalue weighted by atomic mass is 16.2. The van der Waals surface area contributed by atoms with Crippen LogP contribution >= 0.6 is 0 Å². The standard InChI is InChI=1S/C12H20N4O3/c1-12(2)10(18)14-11(19)16(12)7-9(17)15-5-3-4-8(13)6-15/h8H,3-7,13H2,1-2H3,(H,14,18,19)/t8-/m1/s1. The predicted octanol–water partition coefficient (Wildman–Crippen LogP) is -0.733. The molecule has 19 heavy (non-hydrogen) atoms. The van der Waals surface area contributed by atoms with E-state index in [0.717, 1.165) is 12.8 Å². The summed E-state index contributed by atoms with van der Waals surface area (Å²) in [5.74, 6) is -0.534. The van der Waals surface area contributed by atoms with Crippen molar-refractivity contribution in [1.29, 1.82) is 0 Å². The third-order valence-electron chi connectivity index (χ3n) is 3.80. The zero-order valence-electron chi connectivity index (χ0n) is 11.3. The molecule has 0 saturated carbocycles. The minimum Gasteiger partial charge on any atom is -0.340 e. The van der Waals surface area contributed by atoms with E-state index < -0.39 is 11.6 Å². The van der Waals surface area contributed by atoms with Gasteiger partial charge in [-0.25, -0.2) is 4.79 Å². The molecule has 2 fully saturated rings. The summed E-state index contributed by atoms with van der Waals surface area (Å²) in [6, 6.07) is -0.510. The number of carbonyl (C=O) groups excluding carboxylic acids is 3. The van der Waals surface area contributed by atoms with E-state index in [0.29, 0.717) is 13.1 Å². The zero-order chi connectivity index (χ0) is 14.2. The fourth-order valence-corrected chi connectivity index (χ4v) is 2.44. The van der Waals surface area contributed by atoms with E-state index in [1.165, 1.54) is 4.90 Å². The maximum absolute atomic E-state index is 12.2. The summed E-state index contributed by atoms with van der Waals surface area (Å²) >= 11 is 0. The van der Waals surface area contributed by atoms with Gasteiger partial charge in [-0.1, -0.05) is 0 Å². The lowest BCUT2D eigenvalue weighted by atomic mass is 10.0. The van der Waals surface area contributed by atoms with E-state index in [9.17, 15) is 14.4 Å². The lowest BCUT2D eigenvalue weighted by Gasteiger charge is -2.34. The van der Waals surface area contributed by atoms with Crippen molar-refractivity contribution in [2.24, 2.45) is 5.73 Å². The Hall–Kier alpha value is -1.63. The van der Waals surface area contributed by atoms with Crippen LogP contribution in [0.1, 0.15) is 26.7 Å². The Morgan fingerprint density at radius 1 is 1.47 bits per heavy atom. The number of piperidine rings is 1. The fourth-order valence-electron chi connectivity index (χ4n) is 2.44. The summed E-state index contributed by atoms with van der Waals surface area (Å²) in [6.07, 6.45) is 1.79. The molecule has 1 atom stereocenters. The van der Waals surface area contributed by atoms with Crippen molar-refractivity contribution in [3.8, 4) is 0 Å². The number of nitrogens with one attached hydrogen (secondary N) is 1. The van der Waals surface area contributed by atoms with Gasteiger partial charge in [-0.05, 0) is 26.7 Å². The number of nitrogens with two attached hydrogens (primary N) is 1. The van der Waals surface area contributed by atoms with Gasteiger partial charge in [-0.15, -0.1) is 0 Å². The number of carbonyl (C=O) groups is 3. The summed E-state index contributed by atoms with van der Waals surface area (Å²) in [5.41, 5.74) is 4.85. The van der Waals surface area contributed by atoms with Crippen molar-refractivity contribution in [2.45, 2.75) is 38.3 Å². The van der Waals surface area contributed by atoms with Crippen LogP contribution < -0.4 is 11.1 Å². The summed E-state index contributed by atoms with van der Waals surface area (Å²) in [7, 11) is 0. The highest BCUT2D eigenvalue weighted by Crippen LogP contribution is 2.21. The highest BCUT2D eigenvalue weighted by Gasteiger charge is 2.46. The van der Waals surface area contributed by atoms with E-state index in [1.54, 1.807) is 18.7 Å². The second-order valence-electron chi connectivity index (χ2n) is 5.65. The zero-order valence-corrected chi connectivity index (χ0v) is 11.3. The van der Waals surface area contributed by atoms with Crippen LogP contribution in [0.25, 0.3) is 0 Å². The molecule has 0 aliphatic carbocycles. The molecule has 3 N–H and O–H groups in total. The van der Waals surface area contributed by atoms with Crippen LogP contribution in [-0.4, -0.2) is 58.9 Å². The van der Waals surface area contributed by atoms with Gasteiger partial charge in [0.05, 0.1) is 0 Å². The van der Waals surface area contributed by atoms with Gasteiger partial charge in [0.2, 0.25) is 5.91 Å². The second kappa shape index (κ2) is 4.80. The van der Waals surface area contributed by atoms with Crippen LogP contribution in [0.2, 0.25) is 0 Å². The molecule has 0 aromatic rings. The Bertz CT molecular complexity index is 421. The van der Waals surface area contributed by atoms with Crippen molar-refractivity contribution >= 4 is 17.8 Å². The normalized spacial score (nSPS) is 26.6. The molecular weight excluding hydrogens is 248 g/mol. The number of amides is 4. The minimum atomic E-state index is -0.982. The van der Waals surface area contributed by atoms with Gasteiger partial charge in [0.15, 0.2) is 0 Å². The molecule has 0 bridgehead atoms. The van der Waals surface area contributed by atoms with E-state index in [4.69, 9.17) is 5.73 Å². The van der Waals surface area contributed by atoms with Gasteiger partial charge >= 0.3 is 6.03 Å². The van der Waals surface area contributed by atoms with Crippen molar-refractivity contribution in [2.75, 3.05) is 19.6 Å². The van der Waals surface area contributed by atoms with Crippen LogP contribution in [0.5, 0.6) is 0 Å².